The van der Waals surface area contributed by atoms with Crippen molar-refractivity contribution in [1.29, 1.82) is 5.26 Å². The number of ketones is 1. The third kappa shape index (κ3) is 2.53. The average Bonchev–Trinajstić information content (AvgIpc) is 2.40. The van der Waals surface area contributed by atoms with Crippen LogP contribution in [0.2, 0.25) is 5.02 Å². The van der Waals surface area contributed by atoms with Crippen LogP contribution >= 0.6 is 11.6 Å². The van der Waals surface area contributed by atoms with Gasteiger partial charge in [-0.25, -0.2) is 9.97 Å². The summed E-state index contributed by atoms with van der Waals surface area (Å²) in [4.78, 5) is 19.8. The largest absolute Gasteiger partial charge is 0.289 e. The minimum Gasteiger partial charge on any atom is -0.289 e. The van der Waals surface area contributed by atoms with Crippen molar-refractivity contribution >= 4 is 17.4 Å². The average molecular weight is 258 g/mol. The zero-order valence-corrected chi connectivity index (χ0v) is 10.0. The molecule has 0 saturated heterocycles. The van der Waals surface area contributed by atoms with E-state index in [1.165, 1.54) is 12.4 Å². The molecule has 1 atom stereocenters. The molecule has 5 heteroatoms. The fourth-order valence-electron chi connectivity index (χ4n) is 1.53. The van der Waals surface area contributed by atoms with Crippen molar-refractivity contribution in [2.24, 2.45) is 0 Å². The molecular weight excluding hydrogens is 250 g/mol. The number of nitrogens with zero attached hydrogens (tertiary/aromatic N) is 3. The van der Waals surface area contributed by atoms with Gasteiger partial charge in [0.2, 0.25) is 5.78 Å². The van der Waals surface area contributed by atoms with Crippen LogP contribution in [0.3, 0.4) is 0 Å². The van der Waals surface area contributed by atoms with Gasteiger partial charge in [-0.3, -0.25) is 4.79 Å². The maximum absolute atomic E-state index is 12.1. The molecule has 2 aromatic rings. The molecule has 4 nitrogen and oxygen atoms in total. The molecule has 0 aliphatic carbocycles. The SMILES string of the molecule is N#CC(C(=O)c1ncccn1)c1cccc(Cl)c1. The Labute approximate surface area is 109 Å². The number of hydrogen-bond donors (Lipinski definition) is 0. The third-order valence-corrected chi connectivity index (χ3v) is 2.59. The predicted octanol–water partition coefficient (Wildman–Crippen LogP) is 2.62. The Kier molecular flexibility index (Phi) is 3.66. The van der Waals surface area contributed by atoms with Gasteiger partial charge in [0.25, 0.3) is 0 Å². The Balaban J connectivity index is 2.36. The van der Waals surface area contributed by atoms with Gasteiger partial charge in [-0.15, -0.1) is 0 Å². The Hall–Kier alpha value is -2.25. The number of carbonyl (C=O) groups excluding carboxylic acids is 1. The zero-order valence-electron chi connectivity index (χ0n) is 9.25. The number of Topliss-reactive ketones (excluding diaryl/α,β-unsaturated/α-hetero) is 1. The van der Waals surface area contributed by atoms with Crippen molar-refractivity contribution in [3.8, 4) is 6.07 Å². The number of aromatic nitrogens is 2. The normalized spacial score (nSPS) is 11.6. The molecule has 2 rings (SSSR count). The predicted molar refractivity (Wildman–Crippen MR) is 66.2 cm³/mol. The lowest BCUT2D eigenvalue weighted by molar-refractivity contribution is 0.0968. The van der Waals surface area contributed by atoms with Crippen molar-refractivity contribution in [1.82, 2.24) is 9.97 Å². The van der Waals surface area contributed by atoms with Gasteiger partial charge in [-0.1, -0.05) is 23.7 Å². The van der Waals surface area contributed by atoms with E-state index in [0.717, 1.165) is 0 Å². The number of benzene rings is 1. The second-order valence-corrected chi connectivity index (χ2v) is 3.99. The van der Waals surface area contributed by atoms with Crippen LogP contribution in [-0.2, 0) is 0 Å². The number of nitriles is 1. The van der Waals surface area contributed by atoms with Crippen LogP contribution in [0.25, 0.3) is 0 Å². The van der Waals surface area contributed by atoms with E-state index in [2.05, 4.69) is 9.97 Å². The molecule has 1 aromatic heterocycles. The van der Waals surface area contributed by atoms with Gasteiger partial charge in [0.1, 0.15) is 5.92 Å². The van der Waals surface area contributed by atoms with Crippen molar-refractivity contribution in [2.75, 3.05) is 0 Å². The van der Waals surface area contributed by atoms with E-state index in [9.17, 15) is 4.79 Å². The smallest absolute Gasteiger partial charge is 0.221 e. The summed E-state index contributed by atoms with van der Waals surface area (Å²) in [5.74, 6) is -1.34. The van der Waals surface area contributed by atoms with E-state index in [0.29, 0.717) is 10.6 Å². The quantitative estimate of drug-likeness (QED) is 0.793. The van der Waals surface area contributed by atoms with Crippen molar-refractivity contribution in [3.63, 3.8) is 0 Å². The Morgan fingerprint density at radius 2 is 2.00 bits per heavy atom. The molecule has 88 valence electrons. The first kappa shape index (κ1) is 12.2. The van der Waals surface area contributed by atoms with Crippen LogP contribution in [0.15, 0.2) is 42.7 Å². The lowest BCUT2D eigenvalue weighted by Crippen LogP contribution is -2.14. The van der Waals surface area contributed by atoms with Gasteiger partial charge < -0.3 is 0 Å². The highest BCUT2D eigenvalue weighted by Gasteiger charge is 2.23. The van der Waals surface area contributed by atoms with Crippen LogP contribution in [0.1, 0.15) is 22.1 Å². The first-order valence-corrected chi connectivity index (χ1v) is 5.56. The summed E-state index contributed by atoms with van der Waals surface area (Å²) in [6.45, 7) is 0. The summed E-state index contributed by atoms with van der Waals surface area (Å²) in [6, 6.07) is 10.2. The van der Waals surface area contributed by atoms with Gasteiger partial charge >= 0.3 is 0 Å². The highest BCUT2D eigenvalue weighted by Crippen LogP contribution is 2.21. The first-order chi connectivity index (χ1) is 8.72. The number of rotatable bonds is 3. The van der Waals surface area contributed by atoms with Crippen LogP contribution in [0.4, 0.5) is 0 Å². The van der Waals surface area contributed by atoms with Gasteiger partial charge in [-0.05, 0) is 23.8 Å². The summed E-state index contributed by atoms with van der Waals surface area (Å²) in [6.07, 6.45) is 2.93. The Morgan fingerprint density at radius 3 is 2.61 bits per heavy atom. The van der Waals surface area contributed by atoms with Crippen molar-refractivity contribution in [3.05, 3.63) is 59.1 Å². The molecule has 0 aliphatic rings. The van der Waals surface area contributed by atoms with E-state index in [1.807, 2.05) is 6.07 Å². The second-order valence-electron chi connectivity index (χ2n) is 3.55. The highest BCUT2D eigenvalue weighted by atomic mass is 35.5. The summed E-state index contributed by atoms with van der Waals surface area (Å²) < 4.78 is 0. The topological polar surface area (TPSA) is 66.6 Å². The van der Waals surface area contributed by atoms with E-state index < -0.39 is 11.7 Å². The van der Waals surface area contributed by atoms with Crippen LogP contribution < -0.4 is 0 Å². The van der Waals surface area contributed by atoms with Gasteiger partial charge in [0.05, 0.1) is 6.07 Å². The summed E-state index contributed by atoms with van der Waals surface area (Å²) in [7, 11) is 0. The maximum Gasteiger partial charge on any atom is 0.221 e. The number of carbonyl (C=O) groups is 1. The van der Waals surface area contributed by atoms with Crippen molar-refractivity contribution in [2.45, 2.75) is 5.92 Å². The summed E-state index contributed by atoms with van der Waals surface area (Å²) >= 11 is 5.84. The molecule has 1 unspecified atom stereocenters. The van der Waals surface area contributed by atoms with Gasteiger partial charge in [0, 0.05) is 17.4 Å². The molecule has 0 N–H and O–H groups in total. The summed E-state index contributed by atoms with van der Waals surface area (Å²) in [5, 5.41) is 9.61. The molecular formula is C13H8ClN3O. The minimum atomic E-state index is -0.939. The van der Waals surface area contributed by atoms with Crippen LogP contribution in [0, 0.1) is 11.3 Å². The molecule has 0 fully saturated rings. The molecule has 0 amide bonds. The molecule has 0 saturated carbocycles. The summed E-state index contributed by atoms with van der Waals surface area (Å²) in [5.41, 5.74) is 0.544. The van der Waals surface area contributed by atoms with Crippen LogP contribution in [-0.4, -0.2) is 15.8 Å². The number of hydrogen-bond acceptors (Lipinski definition) is 4. The molecule has 0 bridgehead atoms. The van der Waals surface area contributed by atoms with E-state index >= 15 is 0 Å². The lowest BCUT2D eigenvalue weighted by Gasteiger charge is -2.07. The Bertz CT molecular complexity index is 607. The van der Waals surface area contributed by atoms with E-state index in [4.69, 9.17) is 16.9 Å². The minimum absolute atomic E-state index is 0.0315. The fourth-order valence-corrected chi connectivity index (χ4v) is 1.72. The highest BCUT2D eigenvalue weighted by molar-refractivity contribution is 6.30. The third-order valence-electron chi connectivity index (χ3n) is 2.36. The first-order valence-electron chi connectivity index (χ1n) is 5.18. The second kappa shape index (κ2) is 5.39. The Morgan fingerprint density at radius 1 is 1.28 bits per heavy atom. The molecule has 1 aromatic carbocycles. The molecule has 1 heterocycles. The van der Waals surface area contributed by atoms with Crippen LogP contribution in [0.5, 0.6) is 0 Å². The van der Waals surface area contributed by atoms with E-state index in [-0.39, 0.29) is 5.82 Å². The standard InChI is InChI=1S/C13H8ClN3O/c14-10-4-1-3-9(7-10)11(8-15)12(18)13-16-5-2-6-17-13/h1-7,11H. The van der Waals surface area contributed by atoms with Gasteiger partial charge in [0.15, 0.2) is 5.82 Å². The zero-order chi connectivity index (χ0) is 13.0. The monoisotopic (exact) mass is 257 g/mol. The molecule has 0 spiro atoms. The fraction of sp³-hybridized carbons (Fsp3) is 0.0769. The molecule has 18 heavy (non-hydrogen) atoms. The number of halogens is 1. The van der Waals surface area contributed by atoms with E-state index in [1.54, 1.807) is 30.3 Å². The lowest BCUT2D eigenvalue weighted by atomic mass is 9.96. The molecule has 0 aliphatic heterocycles. The van der Waals surface area contributed by atoms with Gasteiger partial charge in [-0.2, -0.15) is 5.26 Å². The molecule has 0 radical (unpaired) electrons. The maximum atomic E-state index is 12.1. The van der Waals surface area contributed by atoms with Crippen molar-refractivity contribution < 1.29 is 4.79 Å².